The molecule has 4 rings (SSSR count). The van der Waals surface area contributed by atoms with Gasteiger partial charge in [-0.1, -0.05) is 0 Å². The maximum atomic E-state index is 13.2. The molecule has 2 aromatic rings. The van der Waals surface area contributed by atoms with Gasteiger partial charge in [-0.05, 0) is 37.3 Å². The highest BCUT2D eigenvalue weighted by Crippen LogP contribution is 2.52. The number of piperidine rings is 1. The van der Waals surface area contributed by atoms with Crippen LogP contribution < -0.4 is 4.90 Å². The summed E-state index contributed by atoms with van der Waals surface area (Å²) in [6.07, 6.45) is -6.22. The summed E-state index contributed by atoms with van der Waals surface area (Å²) in [5, 5.41) is 7.83. The van der Waals surface area contributed by atoms with Crippen LogP contribution >= 0.6 is 0 Å². The van der Waals surface area contributed by atoms with Crippen molar-refractivity contribution in [1.82, 2.24) is 19.7 Å². The number of fused-ring (bicyclic) bond motifs is 2. The van der Waals surface area contributed by atoms with Crippen LogP contribution in [0.3, 0.4) is 0 Å². The van der Waals surface area contributed by atoms with Gasteiger partial charge < -0.3 is 9.47 Å². The molecule has 1 aliphatic carbocycles. The molecular formula is C16H15F6N5. The van der Waals surface area contributed by atoms with E-state index in [0.717, 1.165) is 6.42 Å². The molecule has 27 heavy (non-hydrogen) atoms. The van der Waals surface area contributed by atoms with Gasteiger partial charge in [-0.15, -0.1) is 10.2 Å². The van der Waals surface area contributed by atoms with Gasteiger partial charge in [0, 0.05) is 13.1 Å². The third-order valence-corrected chi connectivity index (χ3v) is 5.29. The monoisotopic (exact) mass is 391 g/mol. The summed E-state index contributed by atoms with van der Waals surface area (Å²) in [4.78, 5) is 5.11. The highest BCUT2D eigenvalue weighted by atomic mass is 19.4. The van der Waals surface area contributed by atoms with Crippen LogP contribution in [0.4, 0.5) is 32.2 Å². The Hall–Kier alpha value is -2.33. The Labute approximate surface area is 150 Å². The minimum atomic E-state index is -4.98. The molecule has 3 heterocycles. The summed E-state index contributed by atoms with van der Waals surface area (Å²) < 4.78 is 80.8. The van der Waals surface area contributed by atoms with Gasteiger partial charge in [0.2, 0.25) is 0 Å². The van der Waals surface area contributed by atoms with Crippen molar-refractivity contribution in [3.63, 3.8) is 0 Å². The normalized spacial score (nSPS) is 25.4. The Morgan fingerprint density at radius 2 is 1.78 bits per heavy atom. The molecule has 11 heteroatoms. The molecule has 2 fully saturated rings. The van der Waals surface area contributed by atoms with E-state index in [2.05, 4.69) is 15.2 Å². The first-order chi connectivity index (χ1) is 12.6. The van der Waals surface area contributed by atoms with E-state index in [1.165, 1.54) is 6.33 Å². The molecule has 1 aliphatic heterocycles. The highest BCUT2D eigenvalue weighted by Gasteiger charge is 2.50. The molecule has 0 amide bonds. The van der Waals surface area contributed by atoms with E-state index >= 15 is 0 Å². The lowest BCUT2D eigenvalue weighted by molar-refractivity contribution is -0.145. The molecule has 0 unspecified atom stereocenters. The van der Waals surface area contributed by atoms with E-state index in [1.54, 1.807) is 16.5 Å². The van der Waals surface area contributed by atoms with Crippen molar-refractivity contribution in [1.29, 1.82) is 0 Å². The number of aromatic nitrogens is 4. The first-order valence-electron chi connectivity index (χ1n) is 8.34. The van der Waals surface area contributed by atoms with Gasteiger partial charge in [0.15, 0.2) is 5.82 Å². The van der Waals surface area contributed by atoms with Gasteiger partial charge in [0.1, 0.15) is 17.8 Å². The van der Waals surface area contributed by atoms with Crippen molar-refractivity contribution in [3.05, 3.63) is 35.5 Å². The van der Waals surface area contributed by atoms with Crippen LogP contribution in [0, 0.1) is 5.92 Å². The Morgan fingerprint density at radius 1 is 1.04 bits per heavy atom. The Morgan fingerprint density at radius 3 is 2.37 bits per heavy atom. The summed E-state index contributed by atoms with van der Waals surface area (Å²) in [6, 6.07) is 0.121. The number of anilines is 1. The van der Waals surface area contributed by atoms with Crippen LogP contribution in [-0.4, -0.2) is 25.8 Å². The Balaban J connectivity index is 1.85. The first kappa shape index (κ1) is 18.1. The fourth-order valence-electron chi connectivity index (χ4n) is 4.17. The van der Waals surface area contributed by atoms with Gasteiger partial charge >= 0.3 is 12.4 Å². The zero-order valence-electron chi connectivity index (χ0n) is 14.1. The van der Waals surface area contributed by atoms with Gasteiger partial charge in [-0.2, -0.15) is 26.3 Å². The predicted molar refractivity (Wildman–Crippen MR) is 81.6 cm³/mol. The Bertz CT molecular complexity index is 825. The third kappa shape index (κ3) is 3.02. The predicted octanol–water partition coefficient (Wildman–Crippen LogP) is 3.98. The largest absolute Gasteiger partial charge is 0.433 e. The standard InChI is InChI=1S/C16H15F6N5/c1-26-7-23-25-14(26)13-8-2-3-10(4-8)27(13)12-6-9(15(17,18)19)5-11(24-12)16(20,21)22/h5-8,10,13H,2-4H2,1H3/t8-,10+,13-/m0/s1. The highest BCUT2D eigenvalue weighted by molar-refractivity contribution is 5.49. The maximum absolute atomic E-state index is 13.2. The summed E-state index contributed by atoms with van der Waals surface area (Å²) in [7, 11) is 1.69. The average Bonchev–Trinajstić information content (AvgIpc) is 3.27. The quantitative estimate of drug-likeness (QED) is 0.727. The SMILES string of the molecule is Cn1cnnc1[C@@H]1[C@H]2CC[C@H](C2)N1c1cc(C(F)(F)F)cc(C(F)(F)F)n1. The Kier molecular flexibility index (Phi) is 3.90. The second kappa shape index (κ2) is 5.83. The van der Waals surface area contributed by atoms with Crippen LogP contribution in [-0.2, 0) is 19.4 Å². The fraction of sp³-hybridized carbons (Fsp3) is 0.562. The van der Waals surface area contributed by atoms with E-state index < -0.39 is 29.7 Å². The number of nitrogens with zero attached hydrogens (tertiary/aromatic N) is 5. The van der Waals surface area contributed by atoms with Crippen molar-refractivity contribution in [3.8, 4) is 0 Å². The number of alkyl halides is 6. The van der Waals surface area contributed by atoms with Crippen molar-refractivity contribution in [2.24, 2.45) is 13.0 Å². The number of aryl methyl sites for hydroxylation is 1. The maximum Gasteiger partial charge on any atom is 0.433 e. The lowest BCUT2D eigenvalue weighted by Gasteiger charge is -2.36. The van der Waals surface area contributed by atoms with Crippen LogP contribution in [0.1, 0.15) is 42.4 Å². The molecule has 0 radical (unpaired) electrons. The molecule has 1 saturated heterocycles. The van der Waals surface area contributed by atoms with E-state index in [9.17, 15) is 26.3 Å². The first-order valence-corrected chi connectivity index (χ1v) is 8.34. The van der Waals surface area contributed by atoms with Crippen molar-refractivity contribution < 1.29 is 26.3 Å². The zero-order chi connectivity index (χ0) is 19.6. The van der Waals surface area contributed by atoms with Crippen molar-refractivity contribution in [2.45, 2.75) is 43.7 Å². The second-order valence-corrected chi connectivity index (χ2v) is 6.97. The fourth-order valence-corrected chi connectivity index (χ4v) is 4.17. The third-order valence-electron chi connectivity index (χ3n) is 5.29. The molecule has 2 aliphatic rings. The van der Waals surface area contributed by atoms with Crippen LogP contribution in [0.25, 0.3) is 0 Å². The molecule has 0 N–H and O–H groups in total. The van der Waals surface area contributed by atoms with Crippen molar-refractivity contribution >= 4 is 5.82 Å². The van der Waals surface area contributed by atoms with Crippen molar-refractivity contribution in [2.75, 3.05) is 4.90 Å². The van der Waals surface area contributed by atoms with Gasteiger partial charge in [-0.3, -0.25) is 0 Å². The van der Waals surface area contributed by atoms with Gasteiger partial charge in [0.05, 0.1) is 11.6 Å². The summed E-state index contributed by atoms with van der Waals surface area (Å²) in [6.45, 7) is 0. The zero-order valence-corrected chi connectivity index (χ0v) is 14.1. The van der Waals surface area contributed by atoms with E-state index in [4.69, 9.17) is 0 Å². The summed E-state index contributed by atoms with van der Waals surface area (Å²) in [5.41, 5.74) is -2.91. The molecule has 0 spiro atoms. The van der Waals surface area contributed by atoms with Crippen LogP contribution in [0.15, 0.2) is 18.5 Å². The number of pyridine rings is 1. The number of hydrogen-bond donors (Lipinski definition) is 0. The molecule has 146 valence electrons. The van der Waals surface area contributed by atoms with E-state index in [1.807, 2.05) is 0 Å². The van der Waals surface area contributed by atoms with Gasteiger partial charge in [-0.25, -0.2) is 4.98 Å². The molecule has 3 atom stereocenters. The molecule has 5 nitrogen and oxygen atoms in total. The van der Waals surface area contributed by atoms with E-state index in [0.29, 0.717) is 24.7 Å². The lowest BCUT2D eigenvalue weighted by atomic mass is 9.97. The lowest BCUT2D eigenvalue weighted by Crippen LogP contribution is -2.37. The molecule has 0 aromatic carbocycles. The topological polar surface area (TPSA) is 46.8 Å². The molecule has 2 aromatic heterocycles. The summed E-state index contributed by atoms with van der Waals surface area (Å²) >= 11 is 0. The minimum Gasteiger partial charge on any atom is -0.343 e. The van der Waals surface area contributed by atoms with E-state index in [-0.39, 0.29) is 23.8 Å². The summed E-state index contributed by atoms with van der Waals surface area (Å²) in [5.74, 6) is 0.274. The van der Waals surface area contributed by atoms with Gasteiger partial charge in [0.25, 0.3) is 0 Å². The van der Waals surface area contributed by atoms with Crippen LogP contribution in [0.2, 0.25) is 0 Å². The molecule has 2 bridgehead atoms. The number of rotatable bonds is 2. The number of hydrogen-bond acceptors (Lipinski definition) is 4. The van der Waals surface area contributed by atoms with Crippen LogP contribution in [0.5, 0.6) is 0 Å². The molecular weight excluding hydrogens is 376 g/mol. The second-order valence-electron chi connectivity index (χ2n) is 6.97. The minimum absolute atomic E-state index is 0.0508. The smallest absolute Gasteiger partial charge is 0.343 e. The molecule has 1 saturated carbocycles. The number of halogens is 6. The average molecular weight is 391 g/mol.